The Bertz CT molecular complexity index is 320. The second-order valence-electron chi connectivity index (χ2n) is 4.65. The number of imidazole rings is 1. The minimum absolute atomic E-state index is 0.802. The van der Waals surface area contributed by atoms with Crippen LogP contribution in [0.5, 0.6) is 0 Å². The molecular formula is C13H23N3O. The molecule has 0 aliphatic heterocycles. The zero-order valence-electron chi connectivity index (χ0n) is 10.7. The van der Waals surface area contributed by atoms with Crippen LogP contribution in [0.25, 0.3) is 0 Å². The van der Waals surface area contributed by atoms with E-state index in [-0.39, 0.29) is 0 Å². The number of aromatic nitrogens is 2. The fourth-order valence-corrected chi connectivity index (χ4v) is 1.90. The van der Waals surface area contributed by atoms with E-state index >= 15 is 0 Å². The maximum Gasteiger partial charge on any atom is 0.202 e. The third-order valence-corrected chi connectivity index (χ3v) is 3.14. The number of ether oxygens (including phenoxy) is 1. The van der Waals surface area contributed by atoms with Crippen LogP contribution in [0, 0.1) is 5.92 Å². The molecule has 1 N–H and O–H groups in total. The van der Waals surface area contributed by atoms with Gasteiger partial charge in [-0.15, -0.1) is 0 Å². The number of nitrogens with zero attached hydrogens (tertiary/aromatic N) is 2. The van der Waals surface area contributed by atoms with Crippen LogP contribution in [0.1, 0.15) is 32.6 Å². The van der Waals surface area contributed by atoms with E-state index in [1.54, 1.807) is 0 Å². The first-order valence-corrected chi connectivity index (χ1v) is 6.73. The zero-order chi connectivity index (χ0) is 11.9. The molecule has 0 amide bonds. The van der Waals surface area contributed by atoms with Crippen molar-refractivity contribution in [2.24, 2.45) is 5.92 Å². The topological polar surface area (TPSA) is 39.1 Å². The third-order valence-electron chi connectivity index (χ3n) is 3.14. The van der Waals surface area contributed by atoms with Crippen molar-refractivity contribution in [1.82, 2.24) is 9.55 Å². The van der Waals surface area contributed by atoms with Crippen molar-refractivity contribution >= 4 is 5.95 Å². The molecule has 0 spiro atoms. The molecule has 0 aromatic carbocycles. The Kier molecular flexibility index (Phi) is 4.86. The van der Waals surface area contributed by atoms with Gasteiger partial charge in [0, 0.05) is 38.7 Å². The minimum atomic E-state index is 0.802. The van der Waals surface area contributed by atoms with Crippen LogP contribution in [-0.2, 0) is 11.3 Å². The van der Waals surface area contributed by atoms with Crippen molar-refractivity contribution in [2.45, 2.75) is 39.2 Å². The van der Waals surface area contributed by atoms with Crippen LogP contribution in [-0.4, -0.2) is 29.3 Å². The molecule has 1 saturated carbocycles. The third kappa shape index (κ3) is 4.38. The summed E-state index contributed by atoms with van der Waals surface area (Å²) in [6.07, 6.45) is 9.11. The van der Waals surface area contributed by atoms with E-state index in [0.29, 0.717) is 0 Å². The van der Waals surface area contributed by atoms with Gasteiger partial charge in [-0.25, -0.2) is 4.98 Å². The second kappa shape index (κ2) is 6.64. The van der Waals surface area contributed by atoms with Crippen LogP contribution < -0.4 is 5.32 Å². The minimum Gasteiger partial charge on any atom is -0.382 e. The fraction of sp³-hybridized carbons (Fsp3) is 0.769. The first-order valence-electron chi connectivity index (χ1n) is 6.73. The molecule has 1 aromatic rings. The van der Waals surface area contributed by atoms with Crippen molar-refractivity contribution in [3.63, 3.8) is 0 Å². The zero-order valence-corrected chi connectivity index (χ0v) is 10.7. The molecular weight excluding hydrogens is 214 g/mol. The van der Waals surface area contributed by atoms with Crippen molar-refractivity contribution in [1.29, 1.82) is 0 Å². The number of nitrogens with one attached hydrogen (secondary N) is 1. The summed E-state index contributed by atoms with van der Waals surface area (Å²) in [6.45, 7) is 5.68. The quantitative estimate of drug-likeness (QED) is 0.671. The van der Waals surface area contributed by atoms with Crippen LogP contribution in [0.2, 0.25) is 0 Å². The molecule has 1 fully saturated rings. The number of hydrogen-bond acceptors (Lipinski definition) is 3. The van der Waals surface area contributed by atoms with E-state index in [9.17, 15) is 0 Å². The number of rotatable bonds is 9. The van der Waals surface area contributed by atoms with Gasteiger partial charge in [0.05, 0.1) is 0 Å². The van der Waals surface area contributed by atoms with Gasteiger partial charge < -0.3 is 14.6 Å². The molecule has 1 aliphatic carbocycles. The summed E-state index contributed by atoms with van der Waals surface area (Å²) < 4.78 is 7.52. The van der Waals surface area contributed by atoms with E-state index in [1.807, 2.05) is 13.1 Å². The molecule has 0 radical (unpaired) electrons. The Morgan fingerprint density at radius 1 is 1.53 bits per heavy atom. The Morgan fingerprint density at radius 3 is 3.18 bits per heavy atom. The molecule has 1 heterocycles. The van der Waals surface area contributed by atoms with Crippen molar-refractivity contribution in [3.8, 4) is 0 Å². The highest BCUT2D eigenvalue weighted by Crippen LogP contribution is 2.32. The van der Waals surface area contributed by atoms with Gasteiger partial charge in [-0.3, -0.25) is 0 Å². The molecule has 2 rings (SSSR count). The Hall–Kier alpha value is -1.03. The number of hydrogen-bond donors (Lipinski definition) is 1. The highest BCUT2D eigenvalue weighted by atomic mass is 16.5. The summed E-state index contributed by atoms with van der Waals surface area (Å²) in [5.41, 5.74) is 0. The van der Waals surface area contributed by atoms with E-state index in [1.165, 1.54) is 19.3 Å². The van der Waals surface area contributed by atoms with Gasteiger partial charge in [-0.05, 0) is 25.7 Å². The summed E-state index contributed by atoms with van der Waals surface area (Å²) in [6, 6.07) is 0. The van der Waals surface area contributed by atoms with Gasteiger partial charge in [0.2, 0.25) is 5.95 Å². The van der Waals surface area contributed by atoms with E-state index in [2.05, 4.69) is 21.1 Å². The van der Waals surface area contributed by atoms with Gasteiger partial charge in [0.15, 0.2) is 0 Å². The largest absolute Gasteiger partial charge is 0.382 e. The Balaban J connectivity index is 1.66. The predicted molar refractivity (Wildman–Crippen MR) is 69.2 cm³/mol. The highest BCUT2D eigenvalue weighted by molar-refractivity contribution is 5.25. The standard InChI is InChI=1S/C13H23N3O/c1-2-17-11-3-7-14-13-15-8-10-16(13)9-6-12-4-5-12/h8,10,12H,2-7,9,11H2,1H3,(H,14,15). The van der Waals surface area contributed by atoms with E-state index < -0.39 is 0 Å². The lowest BCUT2D eigenvalue weighted by molar-refractivity contribution is 0.147. The summed E-state index contributed by atoms with van der Waals surface area (Å²) in [4.78, 5) is 4.34. The average molecular weight is 237 g/mol. The lowest BCUT2D eigenvalue weighted by Gasteiger charge is -2.09. The molecule has 0 bridgehead atoms. The normalized spacial score (nSPS) is 15.1. The first-order chi connectivity index (χ1) is 8.40. The van der Waals surface area contributed by atoms with Crippen LogP contribution in [0.15, 0.2) is 12.4 Å². The van der Waals surface area contributed by atoms with Crippen LogP contribution in [0.4, 0.5) is 5.95 Å². The second-order valence-corrected chi connectivity index (χ2v) is 4.65. The molecule has 96 valence electrons. The summed E-state index contributed by atoms with van der Waals surface area (Å²) in [5.74, 6) is 1.98. The van der Waals surface area contributed by atoms with Gasteiger partial charge >= 0.3 is 0 Å². The molecule has 4 nitrogen and oxygen atoms in total. The predicted octanol–water partition coefficient (Wildman–Crippen LogP) is 2.52. The van der Waals surface area contributed by atoms with Gasteiger partial charge in [-0.1, -0.05) is 12.8 Å². The Labute approximate surface area is 103 Å². The van der Waals surface area contributed by atoms with Crippen LogP contribution in [0.3, 0.4) is 0 Å². The molecule has 1 aromatic heterocycles. The maximum atomic E-state index is 5.30. The summed E-state index contributed by atoms with van der Waals surface area (Å²) in [5, 5.41) is 3.37. The molecule has 1 aliphatic rings. The summed E-state index contributed by atoms with van der Waals surface area (Å²) >= 11 is 0. The molecule has 0 saturated heterocycles. The van der Waals surface area contributed by atoms with Gasteiger partial charge in [-0.2, -0.15) is 0 Å². The fourth-order valence-electron chi connectivity index (χ4n) is 1.90. The van der Waals surface area contributed by atoms with E-state index in [0.717, 1.165) is 44.6 Å². The van der Waals surface area contributed by atoms with Gasteiger partial charge in [0.1, 0.15) is 0 Å². The first kappa shape index (κ1) is 12.4. The van der Waals surface area contributed by atoms with E-state index in [4.69, 9.17) is 4.74 Å². The number of anilines is 1. The highest BCUT2D eigenvalue weighted by Gasteiger charge is 2.20. The Morgan fingerprint density at radius 2 is 2.41 bits per heavy atom. The monoisotopic (exact) mass is 237 g/mol. The van der Waals surface area contributed by atoms with Crippen molar-refractivity contribution in [3.05, 3.63) is 12.4 Å². The SMILES string of the molecule is CCOCCCNc1nccn1CCC1CC1. The molecule has 0 unspecified atom stereocenters. The average Bonchev–Trinajstić information content (AvgIpc) is 3.06. The van der Waals surface area contributed by atoms with Crippen LogP contribution >= 0.6 is 0 Å². The molecule has 0 atom stereocenters. The molecule has 17 heavy (non-hydrogen) atoms. The lowest BCUT2D eigenvalue weighted by atomic mass is 10.3. The molecule has 4 heteroatoms. The van der Waals surface area contributed by atoms with Crippen molar-refractivity contribution < 1.29 is 4.74 Å². The smallest absolute Gasteiger partial charge is 0.202 e. The van der Waals surface area contributed by atoms with Crippen molar-refractivity contribution in [2.75, 3.05) is 25.1 Å². The maximum absolute atomic E-state index is 5.30. The van der Waals surface area contributed by atoms with Gasteiger partial charge in [0.25, 0.3) is 0 Å². The summed E-state index contributed by atoms with van der Waals surface area (Å²) in [7, 11) is 0. The lowest BCUT2D eigenvalue weighted by Crippen LogP contribution is -2.11. The number of aryl methyl sites for hydroxylation is 1.